The number of nitrogens with zero attached hydrogens (tertiary/aromatic N) is 3. The van der Waals surface area contributed by atoms with Crippen LogP contribution in [0.5, 0.6) is 0 Å². The van der Waals surface area contributed by atoms with E-state index in [1.807, 2.05) is 0 Å². The van der Waals surface area contributed by atoms with Crippen LogP contribution in [0.2, 0.25) is 0 Å². The Hall–Kier alpha value is -1.84. The highest BCUT2D eigenvalue weighted by Crippen LogP contribution is 2.04. The van der Waals surface area contributed by atoms with Gasteiger partial charge in [0.1, 0.15) is 12.7 Å². The number of rotatable bonds is 4. The SMILES string of the molecule is CCc1ccc(CNn2cnnc2)cc1. The van der Waals surface area contributed by atoms with Crippen molar-refractivity contribution in [3.63, 3.8) is 0 Å². The average Bonchev–Trinajstić information content (AvgIpc) is 2.80. The fraction of sp³-hybridized carbons (Fsp3) is 0.273. The van der Waals surface area contributed by atoms with Crippen LogP contribution in [0.1, 0.15) is 18.1 Å². The summed E-state index contributed by atoms with van der Waals surface area (Å²) < 4.78 is 1.74. The molecule has 0 saturated carbocycles. The van der Waals surface area contributed by atoms with E-state index in [4.69, 9.17) is 0 Å². The minimum Gasteiger partial charge on any atom is -0.319 e. The Kier molecular flexibility index (Phi) is 2.97. The lowest BCUT2D eigenvalue weighted by molar-refractivity contribution is 0.835. The number of aromatic nitrogens is 3. The Morgan fingerprint density at radius 2 is 1.67 bits per heavy atom. The van der Waals surface area contributed by atoms with Gasteiger partial charge in [0.2, 0.25) is 0 Å². The van der Waals surface area contributed by atoms with Gasteiger partial charge in [-0.15, -0.1) is 10.2 Å². The molecule has 4 heteroatoms. The minimum atomic E-state index is 0.780. The number of nitrogens with one attached hydrogen (secondary N) is 1. The van der Waals surface area contributed by atoms with Crippen molar-refractivity contribution in [2.45, 2.75) is 19.9 Å². The monoisotopic (exact) mass is 202 g/mol. The fourth-order valence-corrected chi connectivity index (χ4v) is 1.36. The molecule has 0 aliphatic rings. The molecule has 1 N–H and O–H groups in total. The molecule has 0 atom stereocenters. The van der Waals surface area contributed by atoms with E-state index >= 15 is 0 Å². The van der Waals surface area contributed by atoms with E-state index in [1.54, 1.807) is 17.3 Å². The van der Waals surface area contributed by atoms with Crippen molar-refractivity contribution in [3.8, 4) is 0 Å². The molecule has 1 aromatic carbocycles. The molecule has 0 aliphatic heterocycles. The van der Waals surface area contributed by atoms with E-state index in [1.165, 1.54) is 11.1 Å². The fourth-order valence-electron chi connectivity index (χ4n) is 1.36. The zero-order chi connectivity index (χ0) is 10.5. The lowest BCUT2D eigenvalue weighted by atomic mass is 10.1. The summed E-state index contributed by atoms with van der Waals surface area (Å²) in [7, 11) is 0. The summed E-state index contributed by atoms with van der Waals surface area (Å²) in [6.45, 7) is 2.94. The predicted octanol–water partition coefficient (Wildman–Crippen LogP) is 1.58. The summed E-state index contributed by atoms with van der Waals surface area (Å²) >= 11 is 0. The van der Waals surface area contributed by atoms with Crippen LogP contribution < -0.4 is 5.43 Å². The standard InChI is InChI=1S/C11H14N4/c1-2-10-3-5-11(6-4-10)7-14-15-8-12-13-9-15/h3-6,8-9,14H,2,7H2,1H3. The summed E-state index contributed by atoms with van der Waals surface area (Å²) in [6.07, 6.45) is 4.36. The van der Waals surface area contributed by atoms with Crippen molar-refractivity contribution in [1.29, 1.82) is 0 Å². The van der Waals surface area contributed by atoms with Gasteiger partial charge in [-0.25, -0.2) is 4.68 Å². The van der Waals surface area contributed by atoms with Crippen LogP contribution in [0.4, 0.5) is 0 Å². The van der Waals surface area contributed by atoms with Gasteiger partial charge >= 0.3 is 0 Å². The van der Waals surface area contributed by atoms with Crippen LogP contribution in [0.25, 0.3) is 0 Å². The first kappa shape index (κ1) is 9.71. The van der Waals surface area contributed by atoms with Crippen molar-refractivity contribution < 1.29 is 0 Å². The van der Waals surface area contributed by atoms with E-state index in [0.29, 0.717) is 0 Å². The Balaban J connectivity index is 1.93. The summed E-state index contributed by atoms with van der Waals surface area (Å²) in [4.78, 5) is 0. The predicted molar refractivity (Wildman–Crippen MR) is 58.9 cm³/mol. The first-order valence-corrected chi connectivity index (χ1v) is 5.05. The Labute approximate surface area is 88.9 Å². The van der Waals surface area contributed by atoms with E-state index in [-0.39, 0.29) is 0 Å². The molecule has 2 rings (SSSR count). The highest BCUT2D eigenvalue weighted by molar-refractivity contribution is 5.23. The van der Waals surface area contributed by atoms with Gasteiger partial charge in [-0.1, -0.05) is 31.2 Å². The second kappa shape index (κ2) is 4.59. The van der Waals surface area contributed by atoms with Gasteiger partial charge in [-0.2, -0.15) is 0 Å². The number of aryl methyl sites for hydroxylation is 1. The average molecular weight is 202 g/mol. The van der Waals surface area contributed by atoms with Crippen LogP contribution in [0, 0.1) is 0 Å². The Morgan fingerprint density at radius 3 is 2.27 bits per heavy atom. The van der Waals surface area contributed by atoms with E-state index < -0.39 is 0 Å². The maximum absolute atomic E-state index is 3.71. The van der Waals surface area contributed by atoms with Crippen LogP contribution in [-0.4, -0.2) is 14.9 Å². The van der Waals surface area contributed by atoms with Crippen molar-refractivity contribution >= 4 is 0 Å². The summed E-state index contributed by atoms with van der Waals surface area (Å²) in [5.74, 6) is 0. The third-order valence-electron chi connectivity index (χ3n) is 2.32. The molecule has 1 aromatic heterocycles. The normalized spacial score (nSPS) is 10.2. The van der Waals surface area contributed by atoms with Gasteiger partial charge in [0.05, 0.1) is 6.54 Å². The van der Waals surface area contributed by atoms with E-state index in [2.05, 4.69) is 46.8 Å². The molecule has 0 unspecified atom stereocenters. The first-order valence-electron chi connectivity index (χ1n) is 5.05. The van der Waals surface area contributed by atoms with Gasteiger partial charge in [0.15, 0.2) is 0 Å². The first-order chi connectivity index (χ1) is 7.38. The van der Waals surface area contributed by atoms with Crippen molar-refractivity contribution in [2.24, 2.45) is 0 Å². The van der Waals surface area contributed by atoms with Crippen molar-refractivity contribution in [2.75, 3.05) is 5.43 Å². The van der Waals surface area contributed by atoms with E-state index in [0.717, 1.165) is 13.0 Å². The van der Waals surface area contributed by atoms with Crippen LogP contribution in [0.3, 0.4) is 0 Å². The largest absolute Gasteiger partial charge is 0.319 e. The molecule has 0 fully saturated rings. The second-order valence-corrected chi connectivity index (χ2v) is 3.37. The number of benzene rings is 1. The van der Waals surface area contributed by atoms with Gasteiger partial charge in [-0.05, 0) is 17.5 Å². The molecule has 0 amide bonds. The summed E-state index contributed by atoms with van der Waals surface area (Å²) in [5.41, 5.74) is 5.78. The van der Waals surface area contributed by atoms with Crippen LogP contribution >= 0.6 is 0 Å². The third kappa shape index (κ3) is 2.56. The molecule has 1 heterocycles. The molecule has 0 spiro atoms. The van der Waals surface area contributed by atoms with Crippen molar-refractivity contribution in [3.05, 3.63) is 48.0 Å². The van der Waals surface area contributed by atoms with Crippen molar-refractivity contribution in [1.82, 2.24) is 14.9 Å². The van der Waals surface area contributed by atoms with E-state index in [9.17, 15) is 0 Å². The molecule has 0 aliphatic carbocycles. The Morgan fingerprint density at radius 1 is 1.07 bits per heavy atom. The van der Waals surface area contributed by atoms with Gasteiger partial charge in [0.25, 0.3) is 0 Å². The Bertz CT molecular complexity index is 391. The summed E-state index contributed by atoms with van der Waals surface area (Å²) in [5, 5.41) is 7.42. The molecule has 15 heavy (non-hydrogen) atoms. The number of hydrogen-bond donors (Lipinski definition) is 1. The van der Waals surface area contributed by atoms with Gasteiger partial charge < -0.3 is 5.43 Å². The number of hydrogen-bond acceptors (Lipinski definition) is 3. The zero-order valence-corrected chi connectivity index (χ0v) is 8.72. The maximum Gasteiger partial charge on any atom is 0.138 e. The third-order valence-corrected chi connectivity index (χ3v) is 2.32. The summed E-state index contributed by atoms with van der Waals surface area (Å²) in [6, 6.07) is 8.58. The van der Waals surface area contributed by atoms with Gasteiger partial charge in [-0.3, -0.25) is 0 Å². The zero-order valence-electron chi connectivity index (χ0n) is 8.72. The lowest BCUT2D eigenvalue weighted by Gasteiger charge is -2.06. The molecule has 0 saturated heterocycles. The molecule has 0 radical (unpaired) electrons. The quantitative estimate of drug-likeness (QED) is 0.818. The highest BCUT2D eigenvalue weighted by Gasteiger charge is 1.93. The van der Waals surface area contributed by atoms with Gasteiger partial charge in [0, 0.05) is 0 Å². The maximum atomic E-state index is 3.71. The minimum absolute atomic E-state index is 0.780. The lowest BCUT2D eigenvalue weighted by Crippen LogP contribution is -2.11. The molecule has 0 bridgehead atoms. The molecule has 4 nitrogen and oxygen atoms in total. The molecule has 78 valence electrons. The second-order valence-electron chi connectivity index (χ2n) is 3.37. The molecular formula is C11H14N4. The van der Waals surface area contributed by atoms with Crippen LogP contribution in [0.15, 0.2) is 36.9 Å². The topological polar surface area (TPSA) is 42.7 Å². The van der Waals surface area contributed by atoms with Crippen LogP contribution in [-0.2, 0) is 13.0 Å². The molecular weight excluding hydrogens is 188 g/mol. The highest BCUT2D eigenvalue weighted by atomic mass is 15.5. The smallest absolute Gasteiger partial charge is 0.138 e. The molecule has 2 aromatic rings.